The highest BCUT2D eigenvalue weighted by Gasteiger charge is 2.20. The number of benzene rings is 2. The van der Waals surface area contributed by atoms with Crippen LogP contribution in [0.3, 0.4) is 0 Å². The lowest BCUT2D eigenvalue weighted by molar-refractivity contribution is 0.0734. The van der Waals surface area contributed by atoms with E-state index in [-0.39, 0.29) is 5.97 Å². The summed E-state index contributed by atoms with van der Waals surface area (Å²) >= 11 is 0. The van der Waals surface area contributed by atoms with Crippen LogP contribution in [0.5, 0.6) is 11.5 Å². The highest BCUT2D eigenvalue weighted by atomic mass is 16.5. The van der Waals surface area contributed by atoms with Crippen LogP contribution in [0.2, 0.25) is 0 Å². The van der Waals surface area contributed by atoms with E-state index in [1.807, 2.05) is 24.3 Å². The molecule has 36 heavy (non-hydrogen) atoms. The van der Waals surface area contributed by atoms with Gasteiger partial charge >= 0.3 is 5.97 Å². The van der Waals surface area contributed by atoms with Crippen molar-refractivity contribution in [2.45, 2.75) is 104 Å². The number of esters is 1. The van der Waals surface area contributed by atoms with E-state index >= 15 is 0 Å². The van der Waals surface area contributed by atoms with Crippen molar-refractivity contribution >= 4 is 5.97 Å². The number of rotatable bonds is 15. The van der Waals surface area contributed by atoms with E-state index in [4.69, 9.17) is 9.47 Å². The number of hydrogen-bond donors (Lipinski definition) is 0. The second-order valence-corrected chi connectivity index (χ2v) is 11.0. The predicted molar refractivity (Wildman–Crippen MR) is 150 cm³/mol. The van der Waals surface area contributed by atoms with Crippen molar-refractivity contribution in [2.24, 2.45) is 17.8 Å². The van der Waals surface area contributed by atoms with Gasteiger partial charge in [-0.2, -0.15) is 0 Å². The summed E-state index contributed by atoms with van der Waals surface area (Å²) in [4.78, 5) is 12.6. The third-order valence-corrected chi connectivity index (χ3v) is 8.04. The minimum atomic E-state index is -0.330. The van der Waals surface area contributed by atoms with E-state index in [9.17, 15) is 4.79 Å². The zero-order valence-electron chi connectivity index (χ0n) is 23.0. The van der Waals surface area contributed by atoms with E-state index in [0.29, 0.717) is 11.3 Å². The molecule has 2 aromatic carbocycles. The minimum Gasteiger partial charge on any atom is -0.494 e. The summed E-state index contributed by atoms with van der Waals surface area (Å²) in [5, 5.41) is 0. The SMILES string of the molecule is CCCC1CCC(CCc2ccc(OC(=O)c3ccc(OCCCCCC(C)CC)cc3)cc2)CC1. The summed E-state index contributed by atoms with van der Waals surface area (Å²) in [5.41, 5.74) is 1.87. The van der Waals surface area contributed by atoms with Gasteiger partial charge in [0.2, 0.25) is 0 Å². The summed E-state index contributed by atoms with van der Waals surface area (Å²) in [6.07, 6.45) is 16.8. The molecule has 0 heterocycles. The van der Waals surface area contributed by atoms with Crippen LogP contribution in [0.15, 0.2) is 48.5 Å². The minimum absolute atomic E-state index is 0.330. The van der Waals surface area contributed by atoms with E-state index in [2.05, 4.69) is 32.9 Å². The first kappa shape index (κ1) is 28.3. The van der Waals surface area contributed by atoms with E-state index < -0.39 is 0 Å². The van der Waals surface area contributed by atoms with Gasteiger partial charge in [-0.15, -0.1) is 0 Å². The summed E-state index contributed by atoms with van der Waals surface area (Å²) in [6, 6.07) is 15.3. The van der Waals surface area contributed by atoms with E-state index in [0.717, 1.165) is 43.0 Å². The van der Waals surface area contributed by atoms with Gasteiger partial charge in [-0.3, -0.25) is 0 Å². The monoisotopic (exact) mass is 492 g/mol. The van der Waals surface area contributed by atoms with Crippen LogP contribution in [-0.2, 0) is 6.42 Å². The molecule has 0 radical (unpaired) electrons. The van der Waals surface area contributed by atoms with Gasteiger partial charge < -0.3 is 9.47 Å². The normalized spacial score (nSPS) is 18.5. The first-order valence-electron chi connectivity index (χ1n) is 14.6. The van der Waals surface area contributed by atoms with Crippen LogP contribution in [0.1, 0.15) is 114 Å². The molecule has 1 atom stereocenters. The van der Waals surface area contributed by atoms with Gasteiger partial charge in [0, 0.05) is 0 Å². The largest absolute Gasteiger partial charge is 0.494 e. The summed E-state index contributed by atoms with van der Waals surface area (Å²) in [6.45, 7) is 7.59. The smallest absolute Gasteiger partial charge is 0.343 e. The molecular weight excluding hydrogens is 444 g/mol. The Kier molecular flexibility index (Phi) is 12.4. The van der Waals surface area contributed by atoms with Gasteiger partial charge in [-0.1, -0.05) is 97.1 Å². The maximum Gasteiger partial charge on any atom is 0.343 e. The molecule has 3 rings (SSSR count). The van der Waals surface area contributed by atoms with E-state index in [1.54, 1.807) is 12.1 Å². The molecule has 0 aromatic heterocycles. The molecule has 0 bridgehead atoms. The molecule has 198 valence electrons. The van der Waals surface area contributed by atoms with Gasteiger partial charge in [-0.05, 0) is 79.0 Å². The average Bonchev–Trinajstić information content (AvgIpc) is 2.91. The number of unbranched alkanes of at least 4 members (excludes halogenated alkanes) is 2. The molecule has 2 aromatic rings. The topological polar surface area (TPSA) is 35.5 Å². The Morgan fingerprint density at radius 2 is 1.47 bits per heavy atom. The first-order valence-corrected chi connectivity index (χ1v) is 14.6. The fraction of sp³-hybridized carbons (Fsp3) is 0.606. The second kappa shape index (κ2) is 15.7. The Balaban J connectivity index is 1.34. The lowest BCUT2D eigenvalue weighted by Gasteiger charge is -2.28. The molecule has 3 heteroatoms. The Labute approximate surface area is 220 Å². The number of carbonyl (C=O) groups excluding carboxylic acids is 1. The molecule has 1 saturated carbocycles. The standard InChI is InChI=1S/C33H48O3/c1-4-9-27-11-13-28(14-12-27)15-16-29-17-21-32(22-18-29)36-33(34)30-19-23-31(24-20-30)35-25-8-6-7-10-26(3)5-2/h17-24,26-28H,4-16,25H2,1-3H3. The van der Waals surface area contributed by atoms with Crippen molar-refractivity contribution in [3.63, 3.8) is 0 Å². The van der Waals surface area contributed by atoms with Crippen LogP contribution in [0.4, 0.5) is 0 Å². The molecule has 3 nitrogen and oxygen atoms in total. The van der Waals surface area contributed by atoms with Crippen LogP contribution in [0.25, 0.3) is 0 Å². The summed E-state index contributed by atoms with van der Waals surface area (Å²) < 4.78 is 11.4. The van der Waals surface area contributed by atoms with E-state index in [1.165, 1.54) is 76.2 Å². The van der Waals surface area contributed by atoms with Gasteiger partial charge in [0.25, 0.3) is 0 Å². The lowest BCUT2D eigenvalue weighted by Crippen LogP contribution is -2.15. The molecule has 1 aliphatic rings. The number of ether oxygens (including phenoxy) is 2. The molecule has 1 aliphatic carbocycles. The van der Waals surface area contributed by atoms with Crippen molar-refractivity contribution in [1.29, 1.82) is 0 Å². The Morgan fingerprint density at radius 1 is 0.833 bits per heavy atom. The molecule has 1 unspecified atom stereocenters. The number of hydrogen-bond acceptors (Lipinski definition) is 3. The van der Waals surface area contributed by atoms with Crippen LogP contribution in [0, 0.1) is 17.8 Å². The van der Waals surface area contributed by atoms with Crippen molar-refractivity contribution in [1.82, 2.24) is 0 Å². The zero-order valence-corrected chi connectivity index (χ0v) is 23.0. The van der Waals surface area contributed by atoms with Crippen molar-refractivity contribution in [3.05, 3.63) is 59.7 Å². The third-order valence-electron chi connectivity index (χ3n) is 8.04. The van der Waals surface area contributed by atoms with Gasteiger partial charge in [0.1, 0.15) is 11.5 Å². The molecule has 0 amide bonds. The zero-order chi connectivity index (χ0) is 25.6. The fourth-order valence-corrected chi connectivity index (χ4v) is 5.33. The Hall–Kier alpha value is -2.29. The Bertz CT molecular complexity index is 863. The third kappa shape index (κ3) is 9.99. The number of aryl methyl sites for hydroxylation is 1. The highest BCUT2D eigenvalue weighted by Crippen LogP contribution is 2.34. The molecule has 1 fully saturated rings. The highest BCUT2D eigenvalue weighted by molar-refractivity contribution is 5.91. The molecule has 0 saturated heterocycles. The van der Waals surface area contributed by atoms with Crippen molar-refractivity contribution in [3.8, 4) is 11.5 Å². The Morgan fingerprint density at radius 3 is 2.11 bits per heavy atom. The maximum absolute atomic E-state index is 12.6. The fourth-order valence-electron chi connectivity index (χ4n) is 5.33. The summed E-state index contributed by atoms with van der Waals surface area (Å²) in [7, 11) is 0. The predicted octanol–water partition coefficient (Wildman–Crippen LogP) is 9.43. The van der Waals surface area contributed by atoms with Gasteiger partial charge in [-0.25, -0.2) is 4.79 Å². The number of carbonyl (C=O) groups is 1. The molecular formula is C33H48O3. The van der Waals surface area contributed by atoms with Gasteiger partial charge in [0.15, 0.2) is 0 Å². The quantitative estimate of drug-likeness (QED) is 0.141. The second-order valence-electron chi connectivity index (χ2n) is 11.0. The lowest BCUT2D eigenvalue weighted by atomic mass is 9.78. The summed E-state index contributed by atoms with van der Waals surface area (Å²) in [5.74, 6) is 3.73. The molecule has 0 aliphatic heterocycles. The van der Waals surface area contributed by atoms with Gasteiger partial charge in [0.05, 0.1) is 12.2 Å². The average molecular weight is 493 g/mol. The maximum atomic E-state index is 12.6. The first-order chi connectivity index (χ1) is 17.6. The van der Waals surface area contributed by atoms with Crippen molar-refractivity contribution in [2.75, 3.05) is 6.61 Å². The molecule has 0 N–H and O–H groups in total. The van der Waals surface area contributed by atoms with Crippen LogP contribution < -0.4 is 9.47 Å². The van der Waals surface area contributed by atoms with Crippen LogP contribution in [-0.4, -0.2) is 12.6 Å². The molecule has 0 spiro atoms. The van der Waals surface area contributed by atoms with Crippen molar-refractivity contribution < 1.29 is 14.3 Å². The van der Waals surface area contributed by atoms with Crippen LogP contribution >= 0.6 is 0 Å².